The van der Waals surface area contributed by atoms with Crippen LogP contribution in [0.1, 0.15) is 25.3 Å². The molecule has 2 fully saturated rings. The number of methoxy groups -OCH3 is 1. The van der Waals surface area contributed by atoms with Crippen LogP contribution in [0.2, 0.25) is 0 Å². The number of aromatic amines is 1. The van der Waals surface area contributed by atoms with Crippen LogP contribution >= 0.6 is 0 Å². The normalized spacial score (nSPS) is 19.8. The first kappa shape index (κ1) is 24.2. The van der Waals surface area contributed by atoms with Crippen LogP contribution in [0.25, 0.3) is 10.9 Å². The maximum Gasteiger partial charge on any atom is 0.415 e. The molecule has 1 aliphatic carbocycles. The van der Waals surface area contributed by atoms with E-state index in [1.165, 1.54) is 0 Å². The number of rotatable bonds is 4. The molecule has 2 aromatic rings. The molecule has 188 valence electrons. The van der Waals surface area contributed by atoms with Crippen molar-refractivity contribution in [1.29, 1.82) is 0 Å². The van der Waals surface area contributed by atoms with Crippen molar-refractivity contribution in [2.75, 3.05) is 30.8 Å². The predicted molar refractivity (Wildman–Crippen MR) is 107 cm³/mol. The lowest BCUT2D eigenvalue weighted by atomic mass is 9.82. The van der Waals surface area contributed by atoms with Crippen LogP contribution in [-0.2, 0) is 0 Å². The van der Waals surface area contributed by atoms with Crippen LogP contribution in [0, 0.1) is 11.7 Å². The molecule has 2 aliphatic rings. The van der Waals surface area contributed by atoms with Gasteiger partial charge in [-0.2, -0.15) is 26.3 Å². The Morgan fingerprint density at radius 2 is 1.65 bits per heavy atom. The Balaban J connectivity index is 1.92. The lowest BCUT2D eigenvalue weighted by molar-refractivity contribution is -0.309. The van der Waals surface area contributed by atoms with Crippen molar-refractivity contribution >= 4 is 22.3 Å². The number of halogens is 7. The summed E-state index contributed by atoms with van der Waals surface area (Å²) in [4.78, 5) is 27.8. The van der Waals surface area contributed by atoms with Gasteiger partial charge >= 0.3 is 18.0 Å². The molecule has 1 aromatic carbocycles. The Hall–Kier alpha value is -2.97. The highest BCUT2D eigenvalue weighted by Gasteiger charge is 2.72. The molecule has 4 rings (SSSR count). The molecular formula is C19H20F7N5O3. The number of alkyl halides is 6. The van der Waals surface area contributed by atoms with E-state index in [1.807, 2.05) is 4.98 Å². The fraction of sp³-hybridized carbons (Fsp3) is 0.579. The average molecular weight is 499 g/mol. The number of nitrogen functional groups attached to an aromatic ring is 1. The fourth-order valence-electron chi connectivity index (χ4n) is 4.59. The SMILES string of the molecule is COc1c(N2CCC(C(N)(C(F)(F)F)C(F)(F)F)C2)c(F)c(N)c2c(=O)[nH]c(=O)n(C3CC3)c12. The highest BCUT2D eigenvalue weighted by Crippen LogP contribution is 2.51. The first-order valence-electron chi connectivity index (χ1n) is 10.2. The first-order chi connectivity index (χ1) is 15.6. The summed E-state index contributed by atoms with van der Waals surface area (Å²) in [5.41, 5.74) is 2.95. The summed E-state index contributed by atoms with van der Waals surface area (Å²) >= 11 is 0. The third-order valence-electron chi connectivity index (χ3n) is 6.49. The Bertz CT molecular complexity index is 1250. The summed E-state index contributed by atoms with van der Waals surface area (Å²) < 4.78 is 103. The maximum absolute atomic E-state index is 15.4. The van der Waals surface area contributed by atoms with E-state index in [4.69, 9.17) is 16.2 Å². The molecule has 34 heavy (non-hydrogen) atoms. The standard InChI is InChI=1S/C19H20F7N5O3/c1-34-14-12-9(15(32)29-16(33)31(12)8-2-3-8)11(27)10(20)13(14)30-5-4-7(6-30)17(28,18(21,22)23)19(24,25)26/h7-8H,2-6,27-28H2,1H3,(H,29,32,33). The van der Waals surface area contributed by atoms with Gasteiger partial charge in [0.25, 0.3) is 5.56 Å². The van der Waals surface area contributed by atoms with Crippen LogP contribution in [0.5, 0.6) is 5.75 Å². The molecule has 1 aromatic heterocycles. The number of benzene rings is 1. The van der Waals surface area contributed by atoms with Crippen molar-refractivity contribution in [1.82, 2.24) is 9.55 Å². The van der Waals surface area contributed by atoms with Gasteiger partial charge in [-0.25, -0.2) is 9.18 Å². The minimum Gasteiger partial charge on any atom is -0.492 e. The van der Waals surface area contributed by atoms with Crippen molar-refractivity contribution in [3.63, 3.8) is 0 Å². The number of nitrogens with two attached hydrogens (primary N) is 2. The minimum atomic E-state index is -5.82. The van der Waals surface area contributed by atoms with Crippen molar-refractivity contribution in [2.24, 2.45) is 11.7 Å². The number of ether oxygens (including phenoxy) is 1. The zero-order chi connectivity index (χ0) is 25.4. The molecular weight excluding hydrogens is 479 g/mol. The third kappa shape index (κ3) is 3.31. The molecule has 0 radical (unpaired) electrons. The summed E-state index contributed by atoms with van der Waals surface area (Å²) in [5.74, 6) is -3.82. The molecule has 2 heterocycles. The summed E-state index contributed by atoms with van der Waals surface area (Å²) in [6.07, 6.45) is -11.2. The zero-order valence-corrected chi connectivity index (χ0v) is 17.6. The van der Waals surface area contributed by atoms with Gasteiger partial charge in [-0.15, -0.1) is 0 Å². The van der Waals surface area contributed by atoms with Crippen LogP contribution < -0.4 is 32.4 Å². The number of H-pyrrole nitrogens is 1. The van der Waals surface area contributed by atoms with Crippen molar-refractivity contribution in [2.45, 2.75) is 43.2 Å². The topological polar surface area (TPSA) is 119 Å². The Morgan fingerprint density at radius 3 is 2.15 bits per heavy atom. The van der Waals surface area contributed by atoms with E-state index in [0.717, 1.165) is 16.6 Å². The largest absolute Gasteiger partial charge is 0.492 e. The minimum absolute atomic E-state index is 0.179. The van der Waals surface area contributed by atoms with E-state index >= 15 is 4.39 Å². The summed E-state index contributed by atoms with van der Waals surface area (Å²) in [6, 6.07) is -0.364. The molecule has 1 aliphatic heterocycles. The quantitative estimate of drug-likeness (QED) is 0.439. The smallest absolute Gasteiger partial charge is 0.415 e. The number of hydrogen-bond acceptors (Lipinski definition) is 6. The second-order valence-corrected chi connectivity index (χ2v) is 8.49. The van der Waals surface area contributed by atoms with E-state index in [-0.39, 0.29) is 17.3 Å². The van der Waals surface area contributed by atoms with Crippen molar-refractivity contribution in [3.05, 3.63) is 26.7 Å². The fourth-order valence-corrected chi connectivity index (χ4v) is 4.59. The Morgan fingerprint density at radius 1 is 1.06 bits per heavy atom. The summed E-state index contributed by atoms with van der Waals surface area (Å²) in [6.45, 7) is -1.37. The van der Waals surface area contributed by atoms with Crippen molar-refractivity contribution in [3.8, 4) is 5.75 Å². The van der Waals surface area contributed by atoms with Crippen LogP contribution in [0.15, 0.2) is 9.59 Å². The molecule has 0 bridgehead atoms. The van der Waals surface area contributed by atoms with Gasteiger partial charge in [-0.1, -0.05) is 0 Å². The van der Waals surface area contributed by atoms with E-state index in [0.29, 0.717) is 12.8 Å². The van der Waals surface area contributed by atoms with E-state index in [1.54, 1.807) is 0 Å². The van der Waals surface area contributed by atoms with E-state index in [9.17, 15) is 35.9 Å². The van der Waals surface area contributed by atoms with Gasteiger partial charge in [-0.3, -0.25) is 14.3 Å². The van der Waals surface area contributed by atoms with Gasteiger partial charge in [-0.05, 0) is 19.3 Å². The first-order valence-corrected chi connectivity index (χ1v) is 10.2. The third-order valence-corrected chi connectivity index (χ3v) is 6.49. The highest BCUT2D eigenvalue weighted by molar-refractivity contribution is 5.99. The zero-order valence-electron chi connectivity index (χ0n) is 17.6. The summed E-state index contributed by atoms with van der Waals surface area (Å²) in [7, 11) is 1.07. The molecule has 8 nitrogen and oxygen atoms in total. The van der Waals surface area contributed by atoms with E-state index < -0.39 is 77.1 Å². The number of nitrogens with one attached hydrogen (secondary N) is 1. The molecule has 1 saturated carbocycles. The van der Waals surface area contributed by atoms with Gasteiger partial charge in [0.1, 0.15) is 11.2 Å². The van der Waals surface area contributed by atoms with Gasteiger partial charge in [0.2, 0.25) is 5.54 Å². The Labute approximate surface area is 186 Å². The average Bonchev–Trinajstić information content (AvgIpc) is 3.43. The van der Waals surface area contributed by atoms with Gasteiger partial charge in [0, 0.05) is 25.0 Å². The lowest BCUT2D eigenvalue weighted by Gasteiger charge is -2.38. The van der Waals surface area contributed by atoms with Gasteiger partial charge in [0.05, 0.1) is 18.2 Å². The van der Waals surface area contributed by atoms with Crippen LogP contribution in [0.3, 0.4) is 0 Å². The van der Waals surface area contributed by atoms with Crippen molar-refractivity contribution < 1.29 is 35.5 Å². The number of nitrogens with zero attached hydrogens (tertiary/aromatic N) is 2. The molecule has 0 spiro atoms. The number of fused-ring (bicyclic) bond motifs is 1. The second kappa shape index (κ2) is 7.52. The molecule has 1 atom stereocenters. The monoisotopic (exact) mass is 499 g/mol. The van der Waals surface area contributed by atoms with Crippen LogP contribution in [0.4, 0.5) is 42.1 Å². The number of anilines is 2. The molecule has 1 saturated heterocycles. The van der Waals surface area contributed by atoms with Crippen LogP contribution in [-0.4, -0.2) is 47.6 Å². The second-order valence-electron chi connectivity index (χ2n) is 8.49. The molecule has 0 amide bonds. The summed E-state index contributed by atoms with van der Waals surface area (Å²) in [5, 5.41) is -0.404. The Kier molecular flexibility index (Phi) is 5.34. The number of hydrogen-bond donors (Lipinski definition) is 3. The number of aromatic nitrogens is 2. The lowest BCUT2D eigenvalue weighted by Crippen LogP contribution is -2.68. The maximum atomic E-state index is 15.4. The predicted octanol–water partition coefficient (Wildman–Crippen LogP) is 2.40. The van der Waals surface area contributed by atoms with Gasteiger partial charge < -0.3 is 21.1 Å². The van der Waals surface area contributed by atoms with Gasteiger partial charge in [0.15, 0.2) is 11.6 Å². The molecule has 5 N–H and O–H groups in total. The highest BCUT2D eigenvalue weighted by atomic mass is 19.4. The molecule has 1 unspecified atom stereocenters. The molecule has 15 heteroatoms. The van der Waals surface area contributed by atoms with E-state index in [2.05, 4.69) is 0 Å².